The molecule has 0 bridgehead atoms. The van der Waals surface area contributed by atoms with Crippen molar-refractivity contribution in [2.24, 2.45) is 0 Å². The highest BCUT2D eigenvalue weighted by Crippen LogP contribution is 2.15. The molecule has 0 aliphatic rings. The molecule has 0 saturated heterocycles. The van der Waals surface area contributed by atoms with Gasteiger partial charge in [-0.05, 0) is 42.1 Å². The molecule has 1 aromatic heterocycles. The van der Waals surface area contributed by atoms with Crippen LogP contribution in [0.2, 0.25) is 5.02 Å². The highest BCUT2D eigenvalue weighted by molar-refractivity contribution is 7.12. The van der Waals surface area contributed by atoms with E-state index in [2.05, 4.69) is 5.32 Å². The first-order valence-electron chi connectivity index (χ1n) is 7.01. The Morgan fingerprint density at radius 2 is 1.96 bits per heavy atom. The Bertz CT molecular complexity index is 628. The number of nitrogens with one attached hydrogen (secondary N) is 1. The molecule has 1 N–H and O–H groups in total. The van der Waals surface area contributed by atoms with Crippen LogP contribution < -0.4 is 10.1 Å². The quantitative estimate of drug-likeness (QED) is 0.585. The Morgan fingerprint density at radius 3 is 2.65 bits per heavy atom. The average molecular weight is 354 g/mol. The fourth-order valence-electron chi connectivity index (χ4n) is 1.67. The standard InChI is InChI=1S/C16H16ClNO4S/c17-12-4-6-13(7-5-12)22-11-15(19)21-9-2-8-18-16(20)14-3-1-10-23-14/h1,3-7,10H,2,8-9,11H2,(H,18,20). The van der Waals surface area contributed by atoms with Gasteiger partial charge in [0, 0.05) is 11.6 Å². The number of carbonyl (C=O) groups excluding carboxylic acids is 2. The van der Waals surface area contributed by atoms with E-state index in [-0.39, 0.29) is 19.1 Å². The second-order valence-corrected chi connectivity index (χ2v) is 5.93. The van der Waals surface area contributed by atoms with Crippen LogP contribution in [0, 0.1) is 0 Å². The molecule has 0 aliphatic heterocycles. The van der Waals surface area contributed by atoms with E-state index in [0.29, 0.717) is 28.6 Å². The predicted molar refractivity (Wildman–Crippen MR) is 89.2 cm³/mol. The largest absolute Gasteiger partial charge is 0.482 e. The molecule has 0 saturated carbocycles. The number of hydrogen-bond acceptors (Lipinski definition) is 5. The van der Waals surface area contributed by atoms with Gasteiger partial charge < -0.3 is 14.8 Å². The summed E-state index contributed by atoms with van der Waals surface area (Å²) in [6.45, 7) is 0.513. The lowest BCUT2D eigenvalue weighted by molar-refractivity contribution is -0.146. The van der Waals surface area contributed by atoms with Crippen LogP contribution in [0.3, 0.4) is 0 Å². The molecule has 1 amide bonds. The highest BCUT2D eigenvalue weighted by atomic mass is 35.5. The van der Waals surface area contributed by atoms with Crippen molar-refractivity contribution < 1.29 is 19.1 Å². The van der Waals surface area contributed by atoms with Gasteiger partial charge in [0.1, 0.15) is 5.75 Å². The van der Waals surface area contributed by atoms with Crippen LogP contribution >= 0.6 is 22.9 Å². The summed E-state index contributed by atoms with van der Waals surface area (Å²) < 4.78 is 10.3. The van der Waals surface area contributed by atoms with Crippen molar-refractivity contribution in [2.45, 2.75) is 6.42 Å². The number of thiophene rings is 1. The molecule has 23 heavy (non-hydrogen) atoms. The topological polar surface area (TPSA) is 64.6 Å². The van der Waals surface area contributed by atoms with Gasteiger partial charge in [0.15, 0.2) is 6.61 Å². The molecule has 0 aliphatic carbocycles. The van der Waals surface area contributed by atoms with E-state index >= 15 is 0 Å². The van der Waals surface area contributed by atoms with Gasteiger partial charge in [-0.15, -0.1) is 11.3 Å². The third-order valence-electron chi connectivity index (χ3n) is 2.79. The van der Waals surface area contributed by atoms with Gasteiger partial charge >= 0.3 is 5.97 Å². The number of halogens is 1. The van der Waals surface area contributed by atoms with E-state index in [1.54, 1.807) is 30.3 Å². The van der Waals surface area contributed by atoms with Crippen LogP contribution in [0.4, 0.5) is 0 Å². The van der Waals surface area contributed by atoms with Gasteiger partial charge in [0.2, 0.25) is 0 Å². The number of ether oxygens (including phenoxy) is 2. The maximum absolute atomic E-state index is 11.6. The Labute approximate surface area is 143 Å². The molecule has 0 radical (unpaired) electrons. The van der Waals surface area contributed by atoms with Crippen LogP contribution in [0.25, 0.3) is 0 Å². The molecule has 7 heteroatoms. The summed E-state index contributed by atoms with van der Waals surface area (Å²) in [6.07, 6.45) is 0.545. The Morgan fingerprint density at radius 1 is 1.17 bits per heavy atom. The number of carbonyl (C=O) groups is 2. The van der Waals surface area contributed by atoms with Crippen molar-refractivity contribution in [3.05, 3.63) is 51.7 Å². The van der Waals surface area contributed by atoms with E-state index in [0.717, 1.165) is 0 Å². The van der Waals surface area contributed by atoms with Crippen molar-refractivity contribution in [1.82, 2.24) is 5.32 Å². The van der Waals surface area contributed by atoms with E-state index in [1.165, 1.54) is 11.3 Å². The number of amides is 1. The summed E-state index contributed by atoms with van der Waals surface area (Å²) in [6, 6.07) is 10.3. The summed E-state index contributed by atoms with van der Waals surface area (Å²) in [7, 11) is 0. The average Bonchev–Trinajstić information content (AvgIpc) is 3.08. The van der Waals surface area contributed by atoms with Gasteiger partial charge in [0.05, 0.1) is 11.5 Å². The third-order valence-corrected chi connectivity index (χ3v) is 3.91. The second kappa shape index (κ2) is 9.17. The molecule has 1 heterocycles. The SMILES string of the molecule is O=C(COc1ccc(Cl)cc1)OCCCNC(=O)c1cccs1. The molecule has 2 aromatic rings. The molecule has 0 atom stereocenters. The van der Waals surface area contributed by atoms with Gasteiger partial charge in [-0.2, -0.15) is 0 Å². The van der Waals surface area contributed by atoms with Crippen molar-refractivity contribution in [1.29, 1.82) is 0 Å². The van der Waals surface area contributed by atoms with E-state index in [4.69, 9.17) is 21.1 Å². The first-order valence-corrected chi connectivity index (χ1v) is 8.26. The minimum atomic E-state index is -0.454. The molecule has 0 spiro atoms. The third kappa shape index (κ3) is 6.30. The minimum absolute atomic E-state index is 0.114. The van der Waals surface area contributed by atoms with E-state index < -0.39 is 5.97 Å². The molecular formula is C16H16ClNO4S. The van der Waals surface area contributed by atoms with Crippen molar-refractivity contribution >= 4 is 34.8 Å². The number of rotatable bonds is 8. The molecule has 0 fully saturated rings. The predicted octanol–water partition coefficient (Wildman–Crippen LogP) is 3.14. The van der Waals surface area contributed by atoms with E-state index in [9.17, 15) is 9.59 Å². The van der Waals surface area contributed by atoms with Crippen molar-refractivity contribution in [2.75, 3.05) is 19.8 Å². The minimum Gasteiger partial charge on any atom is -0.482 e. The number of esters is 1. The van der Waals surface area contributed by atoms with E-state index in [1.807, 2.05) is 11.4 Å². The maximum Gasteiger partial charge on any atom is 0.344 e. The second-order valence-electron chi connectivity index (χ2n) is 4.55. The Kier molecular flexibility index (Phi) is 6.90. The zero-order chi connectivity index (χ0) is 16.5. The molecule has 5 nitrogen and oxygen atoms in total. The lowest BCUT2D eigenvalue weighted by atomic mass is 10.3. The van der Waals surface area contributed by atoms with Crippen LogP contribution in [0.15, 0.2) is 41.8 Å². The molecular weight excluding hydrogens is 338 g/mol. The zero-order valence-electron chi connectivity index (χ0n) is 12.3. The Hall–Kier alpha value is -2.05. The normalized spacial score (nSPS) is 10.1. The maximum atomic E-state index is 11.6. The summed E-state index contributed by atoms with van der Waals surface area (Å²) in [4.78, 5) is 23.8. The zero-order valence-corrected chi connectivity index (χ0v) is 13.9. The monoisotopic (exact) mass is 353 g/mol. The van der Waals surface area contributed by atoms with Crippen LogP contribution in [0.5, 0.6) is 5.75 Å². The van der Waals surface area contributed by atoms with Crippen LogP contribution in [-0.2, 0) is 9.53 Å². The van der Waals surface area contributed by atoms with Crippen molar-refractivity contribution in [3.8, 4) is 5.75 Å². The molecule has 2 rings (SSSR count). The fourth-order valence-corrected chi connectivity index (χ4v) is 2.44. The lowest BCUT2D eigenvalue weighted by Gasteiger charge is -2.07. The first-order chi connectivity index (χ1) is 11.1. The smallest absolute Gasteiger partial charge is 0.344 e. The number of hydrogen-bond donors (Lipinski definition) is 1. The summed E-state index contributed by atoms with van der Waals surface area (Å²) in [5.74, 6) is -0.0171. The summed E-state index contributed by atoms with van der Waals surface area (Å²) in [5.41, 5.74) is 0. The molecule has 0 unspecified atom stereocenters. The van der Waals surface area contributed by atoms with Gasteiger partial charge in [-0.25, -0.2) is 4.79 Å². The Balaban J connectivity index is 1.54. The van der Waals surface area contributed by atoms with Crippen LogP contribution in [-0.4, -0.2) is 31.6 Å². The van der Waals surface area contributed by atoms with Crippen molar-refractivity contribution in [3.63, 3.8) is 0 Å². The van der Waals surface area contributed by atoms with Gasteiger partial charge in [-0.1, -0.05) is 17.7 Å². The highest BCUT2D eigenvalue weighted by Gasteiger charge is 2.06. The summed E-state index contributed by atoms with van der Waals surface area (Å²) >= 11 is 7.13. The first kappa shape index (κ1) is 17.3. The lowest BCUT2D eigenvalue weighted by Crippen LogP contribution is -2.25. The summed E-state index contributed by atoms with van der Waals surface area (Å²) in [5, 5.41) is 5.20. The molecule has 122 valence electrons. The number of benzene rings is 1. The van der Waals surface area contributed by atoms with Gasteiger partial charge in [-0.3, -0.25) is 4.79 Å². The fraction of sp³-hybridized carbons (Fsp3) is 0.250. The molecule has 1 aromatic carbocycles. The van der Waals surface area contributed by atoms with Crippen LogP contribution in [0.1, 0.15) is 16.1 Å². The van der Waals surface area contributed by atoms with Gasteiger partial charge in [0.25, 0.3) is 5.91 Å².